The third-order valence-electron chi connectivity index (χ3n) is 17.2. The first kappa shape index (κ1) is 38.1. The number of anilines is 6. The van der Waals surface area contributed by atoms with Crippen LogP contribution in [0.5, 0.6) is 0 Å². The molecule has 0 unspecified atom stereocenters. The molecule has 0 amide bonds. The van der Waals surface area contributed by atoms with Gasteiger partial charge in [0.2, 0.25) is 0 Å². The zero-order valence-electron chi connectivity index (χ0n) is 39.5. The smallest absolute Gasteiger partial charge is 0.333 e. The first-order valence-electron chi connectivity index (χ1n) is 25.7. The highest BCUT2D eigenvalue weighted by atomic mass is 16.3. The number of hydrogen-bond donors (Lipinski definition) is 0. The maximum absolute atomic E-state index is 6.97. The number of furan rings is 2. The topological polar surface area (TPSA) is 42.6 Å². The lowest BCUT2D eigenvalue weighted by molar-refractivity contribution is 0.668. The van der Waals surface area contributed by atoms with E-state index in [1.807, 2.05) is 0 Å². The van der Waals surface area contributed by atoms with Gasteiger partial charge in [-0.2, -0.15) is 0 Å². The van der Waals surface area contributed by atoms with Gasteiger partial charge in [0.15, 0.2) is 0 Å². The lowest BCUT2D eigenvalue weighted by Gasteiger charge is -2.44. The molecule has 4 aromatic heterocycles. The molecule has 6 nitrogen and oxygen atoms in total. The first-order valence-corrected chi connectivity index (χ1v) is 25.7. The summed E-state index contributed by atoms with van der Waals surface area (Å²) in [5, 5.41) is 9.63. The van der Waals surface area contributed by atoms with Crippen LogP contribution < -0.4 is 31.7 Å². The quantitative estimate of drug-likeness (QED) is 0.162. The average Bonchev–Trinajstić information content (AvgIpc) is 4.24. The van der Waals surface area contributed by atoms with Gasteiger partial charge in [0.05, 0.1) is 0 Å². The van der Waals surface area contributed by atoms with Crippen molar-refractivity contribution in [3.8, 4) is 22.3 Å². The molecule has 0 saturated heterocycles. The van der Waals surface area contributed by atoms with E-state index in [1.54, 1.807) is 0 Å². The second kappa shape index (κ2) is 13.2. The Morgan fingerprint density at radius 1 is 0.311 bits per heavy atom. The zero-order chi connectivity index (χ0) is 47.7. The van der Waals surface area contributed by atoms with E-state index in [2.05, 4.69) is 237 Å². The van der Waals surface area contributed by atoms with Crippen LogP contribution in [0.15, 0.2) is 227 Å². The highest BCUT2D eigenvalue weighted by Gasteiger charge is 2.49. The van der Waals surface area contributed by atoms with Crippen LogP contribution in [0.1, 0.15) is 0 Å². The highest BCUT2D eigenvalue weighted by Crippen LogP contribution is 2.53. The molecule has 0 bridgehead atoms. The molecule has 0 atom stereocenters. The number of nitrogens with zero attached hydrogens (tertiary/aromatic N) is 4. The Bertz CT molecular complexity index is 4750. The Morgan fingerprint density at radius 2 is 0.716 bits per heavy atom. The summed E-state index contributed by atoms with van der Waals surface area (Å²) in [6.07, 6.45) is 0. The van der Waals surface area contributed by atoms with Gasteiger partial charge in [-0.15, -0.1) is 0 Å². The van der Waals surface area contributed by atoms with Crippen LogP contribution in [0.4, 0.5) is 34.1 Å². The fourth-order valence-corrected chi connectivity index (χ4v) is 14.6. The van der Waals surface area contributed by atoms with Crippen LogP contribution in [-0.2, 0) is 0 Å². The molecule has 19 rings (SSSR count). The van der Waals surface area contributed by atoms with Crippen molar-refractivity contribution in [2.24, 2.45) is 0 Å². The van der Waals surface area contributed by atoms with Crippen molar-refractivity contribution < 1.29 is 8.83 Å². The Labute approximate surface area is 423 Å². The van der Waals surface area contributed by atoms with Gasteiger partial charge < -0.3 is 27.6 Å². The van der Waals surface area contributed by atoms with Crippen LogP contribution in [-0.4, -0.2) is 22.7 Å². The van der Waals surface area contributed by atoms with Gasteiger partial charge in [-0.05, 0) is 87.6 Å². The van der Waals surface area contributed by atoms with Crippen molar-refractivity contribution in [3.63, 3.8) is 0 Å². The standard InChI is InChI=1S/C66H36B2N4O2/c1-3-17-37(18-4-1)69-51-34-52-48(33-47(51)67-63-53(69)35-57-59(43-23-9-13-31-55(43)73-57)61(63)45-27-15-25-41-39-21-7-11-29-49(39)71(67)65(41)45)68-64-54(70(52)38-19-5-2-6-20-38)36-58-60(44-24-10-14-32-56(44)74-58)62(64)46-28-16-26-42-40-22-8-12-30-50(40)72(68)66(42)46/h1-36H. The predicted molar refractivity (Wildman–Crippen MR) is 308 cm³/mol. The monoisotopic (exact) mass is 938 g/mol. The second-order valence-electron chi connectivity index (χ2n) is 20.6. The molecule has 338 valence electrons. The lowest BCUT2D eigenvalue weighted by atomic mass is 9.41. The largest absolute Gasteiger partial charge is 0.456 e. The number of para-hydroxylation sites is 8. The van der Waals surface area contributed by atoms with Crippen LogP contribution in [0.2, 0.25) is 0 Å². The lowest BCUT2D eigenvalue weighted by Crippen LogP contribution is -2.61. The molecule has 0 radical (unpaired) electrons. The second-order valence-corrected chi connectivity index (χ2v) is 20.6. The Morgan fingerprint density at radius 3 is 1.19 bits per heavy atom. The Hall–Kier alpha value is -9.65. The van der Waals surface area contributed by atoms with E-state index in [4.69, 9.17) is 8.83 Å². The fourth-order valence-electron chi connectivity index (χ4n) is 14.6. The fraction of sp³-hybridized carbons (Fsp3) is 0. The van der Waals surface area contributed by atoms with Gasteiger partial charge in [0.1, 0.15) is 22.3 Å². The summed E-state index contributed by atoms with van der Waals surface area (Å²) in [6, 6.07) is 80.8. The Balaban J connectivity index is 1.03. The van der Waals surface area contributed by atoms with Crippen LogP contribution in [0, 0.1) is 0 Å². The molecule has 15 aromatic rings. The van der Waals surface area contributed by atoms with Crippen molar-refractivity contribution in [2.45, 2.75) is 0 Å². The van der Waals surface area contributed by atoms with Gasteiger partial charge in [0.25, 0.3) is 0 Å². The molecule has 74 heavy (non-hydrogen) atoms. The van der Waals surface area contributed by atoms with Gasteiger partial charge in [-0.3, -0.25) is 0 Å². The van der Waals surface area contributed by atoms with Crippen molar-refractivity contribution in [1.82, 2.24) is 8.96 Å². The summed E-state index contributed by atoms with van der Waals surface area (Å²) in [6.45, 7) is -0.390. The predicted octanol–water partition coefficient (Wildman–Crippen LogP) is 14.5. The summed E-state index contributed by atoms with van der Waals surface area (Å²) in [7, 11) is 0. The van der Waals surface area contributed by atoms with E-state index >= 15 is 0 Å². The van der Waals surface area contributed by atoms with Crippen molar-refractivity contribution in [1.29, 1.82) is 0 Å². The molecule has 8 heterocycles. The molecule has 0 N–H and O–H groups in total. The molecule has 0 aliphatic carbocycles. The van der Waals surface area contributed by atoms with Crippen LogP contribution in [0.25, 0.3) is 110 Å². The maximum atomic E-state index is 6.97. The van der Waals surface area contributed by atoms with Crippen LogP contribution in [0.3, 0.4) is 0 Å². The average molecular weight is 939 g/mol. The Kier molecular flexibility index (Phi) is 6.82. The van der Waals surface area contributed by atoms with E-state index in [-0.39, 0.29) is 13.7 Å². The van der Waals surface area contributed by atoms with Gasteiger partial charge >= 0.3 is 13.7 Å². The third kappa shape index (κ3) is 4.42. The summed E-state index contributed by atoms with van der Waals surface area (Å²) in [4.78, 5) is 5.06. The van der Waals surface area contributed by atoms with Gasteiger partial charge in [0, 0.05) is 123 Å². The highest BCUT2D eigenvalue weighted by molar-refractivity contribution is 6.93. The van der Waals surface area contributed by atoms with Crippen molar-refractivity contribution in [2.75, 3.05) is 9.80 Å². The number of hydrogen-bond acceptors (Lipinski definition) is 4. The summed E-state index contributed by atoms with van der Waals surface area (Å²) in [5.41, 5.74) is 25.2. The molecule has 0 fully saturated rings. The summed E-state index contributed by atoms with van der Waals surface area (Å²) < 4.78 is 19.3. The molecule has 8 heteroatoms. The zero-order valence-corrected chi connectivity index (χ0v) is 39.5. The van der Waals surface area contributed by atoms with E-state index in [9.17, 15) is 0 Å². The van der Waals surface area contributed by atoms with E-state index in [0.29, 0.717) is 0 Å². The van der Waals surface area contributed by atoms with E-state index in [1.165, 1.54) is 87.7 Å². The van der Waals surface area contributed by atoms with E-state index < -0.39 is 0 Å². The molecule has 4 aliphatic rings. The number of benzene rings is 11. The minimum atomic E-state index is -0.195. The molecular weight excluding hydrogens is 902 g/mol. The molecule has 0 saturated carbocycles. The van der Waals surface area contributed by atoms with Gasteiger partial charge in [-0.1, -0.05) is 152 Å². The molecular formula is C66H36B2N4O2. The first-order chi connectivity index (χ1) is 36.8. The molecule has 0 spiro atoms. The molecule has 11 aromatic carbocycles. The maximum Gasteiger partial charge on any atom is 0.333 e. The summed E-state index contributed by atoms with van der Waals surface area (Å²) >= 11 is 0. The van der Waals surface area contributed by atoms with Crippen LogP contribution >= 0.6 is 0 Å². The normalized spacial score (nSPS) is 13.8. The minimum Gasteiger partial charge on any atom is -0.456 e. The van der Waals surface area contributed by atoms with Crippen molar-refractivity contribution in [3.05, 3.63) is 218 Å². The minimum absolute atomic E-state index is 0.195. The SMILES string of the molecule is c1ccc(N2c3cc4c(cc3B3c5c2cc2oc6ccccc6c2c5-c2cccc5c6ccccc6n3c25)B2c3c(cc5oc6ccccc6c5c3-c3cccc5c6ccccc6n2c35)N4c2ccccc2)cc1. The number of rotatable bonds is 2. The van der Waals surface area contributed by atoms with Gasteiger partial charge in [-0.25, -0.2) is 0 Å². The third-order valence-corrected chi connectivity index (χ3v) is 17.2. The number of fused-ring (bicyclic) bond motifs is 22. The number of aromatic nitrogens is 2. The van der Waals surface area contributed by atoms with E-state index in [0.717, 1.165) is 78.0 Å². The molecule has 4 aliphatic heterocycles. The summed E-state index contributed by atoms with van der Waals surface area (Å²) in [5.74, 6) is 0. The van der Waals surface area contributed by atoms with Crippen molar-refractivity contribution >= 4 is 157 Å².